The molecule has 1 heterocycles. The van der Waals surface area contributed by atoms with Gasteiger partial charge in [-0.3, -0.25) is 14.9 Å². The zero-order chi connectivity index (χ0) is 13.7. The van der Waals surface area contributed by atoms with Crippen molar-refractivity contribution >= 4 is 29.1 Å². The predicted molar refractivity (Wildman–Crippen MR) is 65.8 cm³/mol. The minimum Gasteiger partial charge on any atom is -0.469 e. The summed E-state index contributed by atoms with van der Waals surface area (Å²) >= 11 is 5.66. The quantitative estimate of drug-likeness (QED) is 0.460. The summed E-state index contributed by atoms with van der Waals surface area (Å²) in [6.45, 7) is 0.266. The maximum atomic E-state index is 11.0. The van der Waals surface area contributed by atoms with Gasteiger partial charge in [0.15, 0.2) is 0 Å². The third-order valence-electron chi connectivity index (χ3n) is 2.25. The van der Waals surface area contributed by atoms with E-state index < -0.39 is 10.9 Å². The van der Waals surface area contributed by atoms with Crippen LogP contribution in [0.5, 0.6) is 0 Å². The third-order valence-corrected chi connectivity index (χ3v) is 2.46. The maximum absolute atomic E-state index is 11.0. The van der Waals surface area contributed by atoms with Gasteiger partial charge < -0.3 is 9.64 Å². The summed E-state index contributed by atoms with van der Waals surface area (Å²) < 4.78 is 4.49. The normalized spacial score (nSPS) is 9.94. The van der Waals surface area contributed by atoms with E-state index in [0.717, 1.165) is 0 Å². The SMILES string of the molecule is COC(=O)CCN(C)c1ncc(Cl)cc1[N+](=O)[O-]. The molecule has 0 unspecified atom stereocenters. The fourth-order valence-electron chi connectivity index (χ4n) is 1.32. The molecule has 0 fully saturated rings. The molecule has 0 aliphatic rings. The van der Waals surface area contributed by atoms with Gasteiger partial charge in [-0.15, -0.1) is 0 Å². The Labute approximate surface area is 108 Å². The highest BCUT2D eigenvalue weighted by molar-refractivity contribution is 6.30. The van der Waals surface area contributed by atoms with Gasteiger partial charge in [-0.2, -0.15) is 0 Å². The molecule has 0 spiro atoms. The molecule has 0 saturated heterocycles. The maximum Gasteiger partial charge on any atom is 0.313 e. The van der Waals surface area contributed by atoms with Crippen LogP contribution in [0.4, 0.5) is 11.5 Å². The van der Waals surface area contributed by atoms with Gasteiger partial charge in [0, 0.05) is 25.9 Å². The van der Waals surface area contributed by atoms with Gasteiger partial charge in [0.05, 0.1) is 23.5 Å². The third kappa shape index (κ3) is 3.56. The largest absolute Gasteiger partial charge is 0.469 e. The molecule has 1 aromatic heterocycles. The number of ether oxygens (including phenoxy) is 1. The fraction of sp³-hybridized carbons (Fsp3) is 0.400. The number of anilines is 1. The second kappa shape index (κ2) is 6.15. The number of pyridine rings is 1. The van der Waals surface area contributed by atoms with Crippen molar-refractivity contribution < 1.29 is 14.5 Å². The molecule has 0 radical (unpaired) electrons. The molecule has 18 heavy (non-hydrogen) atoms. The van der Waals surface area contributed by atoms with Crippen molar-refractivity contribution in [2.24, 2.45) is 0 Å². The number of rotatable bonds is 5. The van der Waals surface area contributed by atoms with Crippen LogP contribution in [0.2, 0.25) is 5.02 Å². The Bertz CT molecular complexity index is 466. The number of hydrogen-bond acceptors (Lipinski definition) is 6. The topological polar surface area (TPSA) is 85.6 Å². The molecule has 0 atom stereocenters. The summed E-state index contributed by atoms with van der Waals surface area (Å²) in [7, 11) is 2.89. The lowest BCUT2D eigenvalue weighted by Crippen LogP contribution is -2.23. The highest BCUT2D eigenvalue weighted by Crippen LogP contribution is 2.27. The molecule has 0 N–H and O–H groups in total. The van der Waals surface area contributed by atoms with Crippen molar-refractivity contribution in [2.75, 3.05) is 25.6 Å². The number of carbonyl (C=O) groups excluding carboxylic acids is 1. The van der Waals surface area contributed by atoms with E-state index in [1.165, 1.54) is 24.3 Å². The van der Waals surface area contributed by atoms with Crippen LogP contribution < -0.4 is 4.90 Å². The van der Waals surface area contributed by atoms with E-state index in [9.17, 15) is 14.9 Å². The van der Waals surface area contributed by atoms with Gasteiger partial charge in [-0.05, 0) is 0 Å². The fourth-order valence-corrected chi connectivity index (χ4v) is 1.47. The number of nitro groups is 1. The Morgan fingerprint density at radius 2 is 2.33 bits per heavy atom. The average molecular weight is 274 g/mol. The van der Waals surface area contributed by atoms with Crippen LogP contribution in [-0.4, -0.2) is 36.6 Å². The van der Waals surface area contributed by atoms with Crippen LogP contribution >= 0.6 is 11.6 Å². The molecule has 0 aromatic carbocycles. The van der Waals surface area contributed by atoms with Gasteiger partial charge in [0.1, 0.15) is 0 Å². The molecule has 0 bridgehead atoms. The number of nitrogens with zero attached hydrogens (tertiary/aromatic N) is 3. The van der Waals surface area contributed by atoms with E-state index >= 15 is 0 Å². The lowest BCUT2D eigenvalue weighted by molar-refractivity contribution is -0.384. The lowest BCUT2D eigenvalue weighted by atomic mass is 10.3. The van der Waals surface area contributed by atoms with E-state index in [2.05, 4.69) is 9.72 Å². The summed E-state index contributed by atoms with van der Waals surface area (Å²) in [6.07, 6.45) is 1.44. The Morgan fingerprint density at radius 1 is 1.67 bits per heavy atom. The number of aromatic nitrogens is 1. The zero-order valence-electron chi connectivity index (χ0n) is 9.92. The average Bonchev–Trinajstić information content (AvgIpc) is 2.35. The number of halogens is 1. The van der Waals surface area contributed by atoms with Gasteiger partial charge in [-0.25, -0.2) is 4.98 Å². The molecule has 8 heteroatoms. The van der Waals surface area contributed by atoms with Gasteiger partial charge in [0.2, 0.25) is 5.82 Å². The Kier molecular flexibility index (Phi) is 4.85. The number of carbonyl (C=O) groups is 1. The summed E-state index contributed by atoms with van der Waals surface area (Å²) in [5, 5.41) is 11.0. The molecule has 0 aliphatic carbocycles. The van der Waals surface area contributed by atoms with Gasteiger partial charge in [-0.1, -0.05) is 11.6 Å². The lowest BCUT2D eigenvalue weighted by Gasteiger charge is -2.17. The molecule has 0 aliphatic heterocycles. The molecule has 1 rings (SSSR count). The van der Waals surface area contributed by atoms with Crippen LogP contribution in [0.3, 0.4) is 0 Å². The van der Waals surface area contributed by atoms with E-state index in [0.29, 0.717) is 0 Å². The van der Waals surface area contributed by atoms with E-state index in [4.69, 9.17) is 11.6 Å². The van der Waals surface area contributed by atoms with Crippen molar-refractivity contribution in [1.29, 1.82) is 0 Å². The second-order valence-corrected chi connectivity index (χ2v) is 3.94. The second-order valence-electron chi connectivity index (χ2n) is 3.50. The van der Waals surface area contributed by atoms with Crippen LogP contribution in [-0.2, 0) is 9.53 Å². The molecule has 0 amide bonds. The summed E-state index contributed by atoms with van der Waals surface area (Å²) in [5.74, 6) is -0.230. The monoisotopic (exact) mass is 273 g/mol. The number of esters is 1. The van der Waals surface area contributed by atoms with Crippen molar-refractivity contribution in [1.82, 2.24) is 4.98 Å². The van der Waals surface area contributed by atoms with Gasteiger partial charge >= 0.3 is 11.7 Å². The Balaban J connectivity index is 2.88. The number of hydrogen-bond donors (Lipinski definition) is 0. The first kappa shape index (κ1) is 14.2. The van der Waals surface area contributed by atoms with Crippen LogP contribution in [0.15, 0.2) is 12.3 Å². The van der Waals surface area contributed by atoms with Crippen LogP contribution in [0.25, 0.3) is 0 Å². The van der Waals surface area contributed by atoms with Crippen molar-refractivity contribution in [3.8, 4) is 0 Å². The molecular weight excluding hydrogens is 262 g/mol. The zero-order valence-corrected chi connectivity index (χ0v) is 10.7. The van der Waals surface area contributed by atoms with Crippen molar-refractivity contribution in [3.63, 3.8) is 0 Å². The van der Waals surface area contributed by atoms with Crippen molar-refractivity contribution in [3.05, 3.63) is 27.4 Å². The van der Waals surface area contributed by atoms with E-state index in [1.807, 2.05) is 0 Å². The minimum atomic E-state index is -0.567. The van der Waals surface area contributed by atoms with Crippen LogP contribution in [0, 0.1) is 10.1 Å². The first-order valence-electron chi connectivity index (χ1n) is 5.03. The van der Waals surface area contributed by atoms with Crippen molar-refractivity contribution in [2.45, 2.75) is 6.42 Å². The Morgan fingerprint density at radius 3 is 2.89 bits per heavy atom. The summed E-state index contributed by atoms with van der Waals surface area (Å²) in [5.41, 5.74) is -0.199. The van der Waals surface area contributed by atoms with Gasteiger partial charge in [0.25, 0.3) is 0 Å². The van der Waals surface area contributed by atoms with E-state index in [1.54, 1.807) is 7.05 Å². The van der Waals surface area contributed by atoms with E-state index in [-0.39, 0.29) is 29.5 Å². The summed E-state index contributed by atoms with van der Waals surface area (Å²) in [4.78, 5) is 26.7. The Hall–Kier alpha value is -1.89. The standard InChI is InChI=1S/C10H12ClN3O4/c1-13(4-3-9(15)18-2)10-8(14(16)17)5-7(11)6-12-10/h5-6H,3-4H2,1-2H3. The molecule has 98 valence electrons. The molecule has 7 nitrogen and oxygen atoms in total. The predicted octanol–water partition coefficient (Wildman–Crippen LogP) is 1.64. The van der Waals surface area contributed by atoms with Crippen LogP contribution in [0.1, 0.15) is 6.42 Å². The summed E-state index contributed by atoms with van der Waals surface area (Å²) in [6, 6.07) is 1.22. The molecule has 1 aromatic rings. The highest BCUT2D eigenvalue weighted by atomic mass is 35.5. The molecule has 0 saturated carbocycles. The first-order chi connectivity index (χ1) is 8.45. The first-order valence-corrected chi connectivity index (χ1v) is 5.41. The highest BCUT2D eigenvalue weighted by Gasteiger charge is 2.19. The molecular formula is C10H12ClN3O4. The smallest absolute Gasteiger partial charge is 0.313 e. The number of methoxy groups -OCH3 is 1. The minimum absolute atomic E-state index is 0.120.